The zero-order chi connectivity index (χ0) is 23.1. The molecule has 0 aromatic heterocycles. The number of hydrogen-bond acceptors (Lipinski definition) is 4. The van der Waals surface area contributed by atoms with Crippen LogP contribution in [0.25, 0.3) is 0 Å². The second-order valence-electron chi connectivity index (χ2n) is 8.28. The van der Waals surface area contributed by atoms with E-state index in [0.717, 1.165) is 18.2 Å². The highest BCUT2D eigenvalue weighted by Gasteiger charge is 2.72. The van der Waals surface area contributed by atoms with Crippen LogP contribution in [0.15, 0.2) is 30.3 Å². The minimum atomic E-state index is -0.840. The number of amides is 2. The molecule has 3 aliphatic carbocycles. The quantitative estimate of drug-likeness (QED) is 0.621. The van der Waals surface area contributed by atoms with Crippen LogP contribution in [0.3, 0.4) is 0 Å². The van der Waals surface area contributed by atoms with Crippen molar-refractivity contribution >= 4 is 23.4 Å². The molecule has 2 aromatic rings. The van der Waals surface area contributed by atoms with Crippen molar-refractivity contribution in [1.82, 2.24) is 10.6 Å². The zero-order valence-electron chi connectivity index (χ0n) is 17.1. The second-order valence-corrected chi connectivity index (χ2v) is 8.69. The molecule has 0 atom stereocenters. The first kappa shape index (κ1) is 22.3. The van der Waals surface area contributed by atoms with E-state index >= 15 is 0 Å². The largest absolute Gasteiger partial charge is 0.491 e. The Bertz CT molecular complexity index is 1050. The predicted molar refractivity (Wildman–Crippen MR) is 109 cm³/mol. The maximum absolute atomic E-state index is 13.8. The Morgan fingerprint density at radius 3 is 2.31 bits per heavy atom. The number of carbonyl (C=O) groups is 2. The Morgan fingerprint density at radius 2 is 1.72 bits per heavy atom. The minimum Gasteiger partial charge on any atom is -0.491 e. The lowest BCUT2D eigenvalue weighted by Crippen LogP contribution is -2.78. The summed E-state index contributed by atoms with van der Waals surface area (Å²) in [5, 5.41) is 5.52. The van der Waals surface area contributed by atoms with Gasteiger partial charge in [0.25, 0.3) is 5.91 Å². The summed E-state index contributed by atoms with van der Waals surface area (Å²) >= 11 is 5.60. The van der Waals surface area contributed by atoms with Crippen LogP contribution in [0.2, 0.25) is 5.02 Å². The molecule has 5 rings (SSSR count). The lowest BCUT2D eigenvalue weighted by atomic mass is 9.39. The molecule has 0 heterocycles. The van der Waals surface area contributed by atoms with Crippen molar-refractivity contribution in [3.63, 3.8) is 0 Å². The number of hydrogen-bond donors (Lipinski definition) is 2. The Morgan fingerprint density at radius 1 is 1.06 bits per heavy atom. The van der Waals surface area contributed by atoms with Crippen molar-refractivity contribution in [3.05, 3.63) is 58.4 Å². The lowest BCUT2D eigenvalue weighted by Gasteiger charge is -2.69. The maximum Gasteiger partial charge on any atom is 0.258 e. The summed E-state index contributed by atoms with van der Waals surface area (Å²) in [7, 11) is 1.17. The third-order valence-corrected chi connectivity index (χ3v) is 6.20. The van der Waals surface area contributed by atoms with Gasteiger partial charge in [-0.3, -0.25) is 9.59 Å². The molecular weight excluding hydrogens is 449 g/mol. The molecule has 3 aliphatic rings. The maximum atomic E-state index is 13.8. The standard InChI is InChI=1S/C22H20ClF3N2O4/c1-31-19-16(25)4-12(5-17(19)26)7-27-20(30)21-9-22(10-21,11-21)28-18(29)8-32-13-2-3-14(23)15(24)6-13/h2-6H,7-11H2,1H3,(H,27,30)(H,28,29). The Kier molecular flexibility index (Phi) is 5.70. The van der Waals surface area contributed by atoms with E-state index in [1.807, 2.05) is 0 Å². The molecule has 6 nitrogen and oxygen atoms in total. The smallest absolute Gasteiger partial charge is 0.258 e. The molecule has 0 unspecified atom stereocenters. The molecule has 0 saturated heterocycles. The van der Waals surface area contributed by atoms with Gasteiger partial charge in [-0.05, 0) is 49.1 Å². The zero-order valence-corrected chi connectivity index (χ0v) is 17.8. The molecule has 2 N–H and O–H groups in total. The summed E-state index contributed by atoms with van der Waals surface area (Å²) in [6, 6.07) is 6.11. The molecule has 0 aliphatic heterocycles. The van der Waals surface area contributed by atoms with Crippen molar-refractivity contribution in [1.29, 1.82) is 0 Å². The molecule has 32 heavy (non-hydrogen) atoms. The van der Waals surface area contributed by atoms with Crippen LogP contribution < -0.4 is 20.1 Å². The van der Waals surface area contributed by atoms with Crippen molar-refractivity contribution in [3.8, 4) is 11.5 Å². The van der Waals surface area contributed by atoms with Gasteiger partial charge in [0.05, 0.1) is 17.5 Å². The molecule has 2 bridgehead atoms. The van der Waals surface area contributed by atoms with Crippen molar-refractivity contribution in [2.45, 2.75) is 31.3 Å². The summed E-state index contributed by atoms with van der Waals surface area (Å²) in [4.78, 5) is 24.7. The van der Waals surface area contributed by atoms with Crippen LogP contribution in [0.5, 0.6) is 11.5 Å². The molecular formula is C22H20ClF3N2O4. The van der Waals surface area contributed by atoms with Gasteiger partial charge in [-0.1, -0.05) is 11.6 Å². The number of methoxy groups -OCH3 is 1. The molecule has 2 amide bonds. The van der Waals surface area contributed by atoms with Gasteiger partial charge in [0, 0.05) is 18.2 Å². The van der Waals surface area contributed by atoms with Gasteiger partial charge < -0.3 is 20.1 Å². The van der Waals surface area contributed by atoms with Gasteiger partial charge in [0.2, 0.25) is 5.91 Å². The van der Waals surface area contributed by atoms with Crippen LogP contribution in [0, 0.1) is 22.9 Å². The lowest BCUT2D eigenvalue weighted by molar-refractivity contribution is -0.184. The van der Waals surface area contributed by atoms with Gasteiger partial charge in [-0.2, -0.15) is 0 Å². The van der Waals surface area contributed by atoms with E-state index in [0.29, 0.717) is 19.3 Å². The molecule has 170 valence electrons. The number of benzene rings is 2. The average Bonchev–Trinajstić information content (AvgIpc) is 2.68. The highest BCUT2D eigenvalue weighted by Crippen LogP contribution is 2.67. The van der Waals surface area contributed by atoms with Crippen molar-refractivity contribution in [2.24, 2.45) is 5.41 Å². The first-order chi connectivity index (χ1) is 15.2. The third-order valence-electron chi connectivity index (χ3n) is 5.89. The fourth-order valence-electron chi connectivity index (χ4n) is 4.49. The highest BCUT2D eigenvalue weighted by molar-refractivity contribution is 6.30. The van der Waals surface area contributed by atoms with E-state index in [9.17, 15) is 22.8 Å². The Labute approximate surface area is 187 Å². The van der Waals surface area contributed by atoms with Gasteiger partial charge in [0.1, 0.15) is 11.6 Å². The fraction of sp³-hybridized carbons (Fsp3) is 0.364. The Balaban J connectivity index is 1.23. The third kappa shape index (κ3) is 4.09. The van der Waals surface area contributed by atoms with Crippen LogP contribution in [0.4, 0.5) is 13.2 Å². The fourth-order valence-corrected chi connectivity index (χ4v) is 4.61. The van der Waals surface area contributed by atoms with Crippen LogP contribution in [-0.2, 0) is 16.1 Å². The average molecular weight is 469 g/mol. The number of ether oxygens (including phenoxy) is 2. The van der Waals surface area contributed by atoms with E-state index in [2.05, 4.69) is 15.4 Å². The van der Waals surface area contributed by atoms with Gasteiger partial charge in [-0.25, -0.2) is 13.2 Å². The summed E-state index contributed by atoms with van der Waals surface area (Å²) in [6.45, 7) is -0.320. The molecule has 2 aromatic carbocycles. The SMILES string of the molecule is COc1c(F)cc(CNC(=O)C23CC(NC(=O)COc4ccc(Cl)c(F)c4)(C2)C3)cc1F. The number of nitrogens with one attached hydrogen (secondary N) is 2. The normalized spacial score (nSPS) is 22.9. The van der Waals surface area contributed by atoms with Crippen molar-refractivity contribution < 1.29 is 32.2 Å². The topological polar surface area (TPSA) is 76.7 Å². The minimum absolute atomic E-state index is 0.0245. The van der Waals surface area contributed by atoms with Gasteiger partial charge in [-0.15, -0.1) is 0 Å². The molecule has 10 heteroatoms. The Hall–Kier alpha value is -2.94. The van der Waals surface area contributed by atoms with Crippen molar-refractivity contribution in [2.75, 3.05) is 13.7 Å². The highest BCUT2D eigenvalue weighted by atomic mass is 35.5. The van der Waals surface area contributed by atoms with E-state index in [1.165, 1.54) is 19.2 Å². The first-order valence-corrected chi connectivity index (χ1v) is 10.2. The van der Waals surface area contributed by atoms with E-state index in [-0.39, 0.29) is 41.3 Å². The van der Waals surface area contributed by atoms with E-state index in [4.69, 9.17) is 16.3 Å². The second kappa shape index (κ2) is 8.20. The molecule has 3 fully saturated rings. The van der Waals surface area contributed by atoms with Gasteiger partial charge in [0.15, 0.2) is 24.0 Å². The monoisotopic (exact) mass is 468 g/mol. The predicted octanol–water partition coefficient (Wildman–Crippen LogP) is 3.50. The van der Waals surface area contributed by atoms with Crippen LogP contribution in [-0.4, -0.2) is 31.1 Å². The molecule has 0 spiro atoms. The summed E-state index contributed by atoms with van der Waals surface area (Å²) in [5.41, 5.74) is -0.766. The molecule has 0 radical (unpaired) electrons. The van der Waals surface area contributed by atoms with Gasteiger partial charge >= 0.3 is 0 Å². The summed E-state index contributed by atoms with van der Waals surface area (Å²) in [5.74, 6) is -3.21. The van der Waals surface area contributed by atoms with Crippen LogP contribution in [0.1, 0.15) is 24.8 Å². The number of rotatable bonds is 8. The number of halogens is 4. The molecule has 3 saturated carbocycles. The van der Waals surface area contributed by atoms with E-state index < -0.39 is 34.2 Å². The van der Waals surface area contributed by atoms with Crippen LogP contribution >= 0.6 is 11.6 Å². The summed E-state index contributed by atoms with van der Waals surface area (Å²) < 4.78 is 50.9. The summed E-state index contributed by atoms with van der Waals surface area (Å²) in [6.07, 6.45) is 1.41. The number of carbonyl (C=O) groups excluding carboxylic acids is 2. The first-order valence-electron chi connectivity index (χ1n) is 9.84. The van der Waals surface area contributed by atoms with E-state index in [1.54, 1.807) is 0 Å².